The van der Waals surface area contributed by atoms with Crippen LogP contribution >= 0.6 is 12.4 Å². The third kappa shape index (κ3) is 5.01. The van der Waals surface area contributed by atoms with Gasteiger partial charge in [0.05, 0.1) is 6.04 Å². The lowest BCUT2D eigenvalue weighted by Crippen LogP contribution is -2.40. The van der Waals surface area contributed by atoms with E-state index in [0.717, 1.165) is 0 Å². The molecule has 2 aromatic carbocycles. The Hall–Kier alpha value is -1.98. The van der Waals surface area contributed by atoms with Crippen molar-refractivity contribution in [1.29, 1.82) is 0 Å². The van der Waals surface area contributed by atoms with E-state index in [1.54, 1.807) is 38.1 Å². The van der Waals surface area contributed by atoms with E-state index in [2.05, 4.69) is 5.32 Å². The lowest BCUT2D eigenvalue weighted by atomic mass is 9.96. The first-order chi connectivity index (χ1) is 10.9. The summed E-state index contributed by atoms with van der Waals surface area (Å²) in [6.45, 7) is 3.50. The maximum Gasteiger partial charge on any atom is 0.225 e. The number of rotatable bonds is 5. The Morgan fingerprint density at radius 1 is 0.917 bits per heavy atom. The summed E-state index contributed by atoms with van der Waals surface area (Å²) in [7, 11) is 0. The molecule has 2 rings (SSSR count). The first-order valence-corrected chi connectivity index (χ1v) is 7.45. The summed E-state index contributed by atoms with van der Waals surface area (Å²) in [5.74, 6) is -1.30. The van der Waals surface area contributed by atoms with Gasteiger partial charge in [0, 0.05) is 12.0 Å². The number of nitrogens with one attached hydrogen (secondary N) is 1. The molecule has 0 aliphatic heterocycles. The van der Waals surface area contributed by atoms with E-state index in [0.29, 0.717) is 11.1 Å². The first-order valence-electron chi connectivity index (χ1n) is 7.45. The van der Waals surface area contributed by atoms with Crippen LogP contribution in [0.5, 0.6) is 0 Å². The second kappa shape index (κ2) is 8.76. The normalized spacial score (nSPS) is 13.1. The topological polar surface area (TPSA) is 55.1 Å². The standard InChI is InChI=1S/C18H20F2N2O.ClH/c1-11(12(2)21)18(23)22-17(13-3-7-15(19)8-4-13)14-5-9-16(20)10-6-14;/h3-12,17H,21H2,1-2H3,(H,22,23);1H. The molecule has 6 heteroatoms. The monoisotopic (exact) mass is 354 g/mol. The summed E-state index contributed by atoms with van der Waals surface area (Å²) in [6.07, 6.45) is 0. The molecule has 130 valence electrons. The van der Waals surface area contributed by atoms with Gasteiger partial charge < -0.3 is 11.1 Å². The summed E-state index contributed by atoms with van der Waals surface area (Å²) in [4.78, 5) is 12.3. The minimum atomic E-state index is -0.495. The van der Waals surface area contributed by atoms with Crippen LogP contribution in [0.4, 0.5) is 8.78 Å². The quantitative estimate of drug-likeness (QED) is 0.862. The van der Waals surface area contributed by atoms with Gasteiger partial charge in [0.25, 0.3) is 0 Å². The van der Waals surface area contributed by atoms with Gasteiger partial charge in [-0.05, 0) is 42.3 Å². The zero-order chi connectivity index (χ0) is 17.0. The van der Waals surface area contributed by atoms with Crippen molar-refractivity contribution in [2.45, 2.75) is 25.9 Å². The molecule has 0 radical (unpaired) electrons. The van der Waals surface area contributed by atoms with Gasteiger partial charge in [0.2, 0.25) is 5.91 Å². The van der Waals surface area contributed by atoms with Crippen molar-refractivity contribution < 1.29 is 13.6 Å². The molecule has 24 heavy (non-hydrogen) atoms. The maximum absolute atomic E-state index is 13.1. The molecule has 0 aromatic heterocycles. The average molecular weight is 355 g/mol. The molecular weight excluding hydrogens is 334 g/mol. The Kier molecular flexibility index (Phi) is 7.32. The predicted molar refractivity (Wildman–Crippen MR) is 92.8 cm³/mol. The van der Waals surface area contributed by atoms with Gasteiger partial charge in [-0.15, -0.1) is 12.4 Å². The fourth-order valence-electron chi connectivity index (χ4n) is 2.18. The van der Waals surface area contributed by atoms with Crippen molar-refractivity contribution in [1.82, 2.24) is 5.32 Å². The fraction of sp³-hybridized carbons (Fsp3) is 0.278. The number of carbonyl (C=O) groups is 1. The summed E-state index contributed by atoms with van der Waals surface area (Å²) in [5.41, 5.74) is 7.19. The Morgan fingerprint density at radius 2 is 1.29 bits per heavy atom. The molecule has 0 saturated heterocycles. The summed E-state index contributed by atoms with van der Waals surface area (Å²) in [6, 6.07) is 10.9. The van der Waals surface area contributed by atoms with Crippen LogP contribution < -0.4 is 11.1 Å². The van der Waals surface area contributed by atoms with E-state index in [1.165, 1.54) is 24.3 Å². The van der Waals surface area contributed by atoms with Gasteiger partial charge in [-0.1, -0.05) is 31.2 Å². The summed E-state index contributed by atoms with van der Waals surface area (Å²) in [5, 5.41) is 2.91. The van der Waals surface area contributed by atoms with Gasteiger partial charge in [-0.2, -0.15) is 0 Å². The molecule has 0 aliphatic rings. The molecule has 1 amide bonds. The van der Waals surface area contributed by atoms with Crippen LogP contribution in [0.3, 0.4) is 0 Å². The van der Waals surface area contributed by atoms with Crippen LogP contribution in [-0.2, 0) is 4.79 Å². The number of benzene rings is 2. The SMILES string of the molecule is CC(N)C(C)C(=O)NC(c1ccc(F)cc1)c1ccc(F)cc1.Cl. The molecule has 0 aliphatic carbocycles. The van der Waals surface area contributed by atoms with E-state index >= 15 is 0 Å². The molecule has 2 unspecified atom stereocenters. The number of nitrogens with two attached hydrogens (primary N) is 1. The second-order valence-corrected chi connectivity index (χ2v) is 5.69. The molecule has 0 spiro atoms. The smallest absolute Gasteiger partial charge is 0.225 e. The summed E-state index contributed by atoms with van der Waals surface area (Å²) < 4.78 is 26.3. The van der Waals surface area contributed by atoms with E-state index in [9.17, 15) is 13.6 Å². The van der Waals surface area contributed by atoms with Crippen molar-refractivity contribution in [3.8, 4) is 0 Å². The predicted octanol–water partition coefficient (Wildman–Crippen LogP) is 3.58. The molecule has 2 atom stereocenters. The Balaban J connectivity index is 0.00000288. The first kappa shape index (κ1) is 20.1. The zero-order valence-electron chi connectivity index (χ0n) is 13.5. The van der Waals surface area contributed by atoms with Crippen molar-refractivity contribution in [3.05, 3.63) is 71.3 Å². The van der Waals surface area contributed by atoms with Crippen molar-refractivity contribution in [2.24, 2.45) is 11.7 Å². The molecule has 0 saturated carbocycles. The molecule has 3 N–H and O–H groups in total. The van der Waals surface area contributed by atoms with Crippen LogP contribution in [0.1, 0.15) is 31.0 Å². The van der Waals surface area contributed by atoms with Crippen LogP contribution in [-0.4, -0.2) is 11.9 Å². The number of hydrogen-bond donors (Lipinski definition) is 2. The fourth-order valence-corrected chi connectivity index (χ4v) is 2.18. The van der Waals surface area contributed by atoms with E-state index in [4.69, 9.17) is 5.73 Å². The van der Waals surface area contributed by atoms with Crippen LogP contribution in [0.2, 0.25) is 0 Å². The van der Waals surface area contributed by atoms with Crippen molar-refractivity contribution in [2.75, 3.05) is 0 Å². The average Bonchev–Trinajstić information content (AvgIpc) is 2.53. The molecule has 0 fully saturated rings. The zero-order valence-corrected chi connectivity index (χ0v) is 14.3. The van der Waals surface area contributed by atoms with Gasteiger partial charge in [0.15, 0.2) is 0 Å². The van der Waals surface area contributed by atoms with Gasteiger partial charge in [0.1, 0.15) is 11.6 Å². The summed E-state index contributed by atoms with van der Waals surface area (Å²) >= 11 is 0. The molecular formula is C18H21ClF2N2O. The van der Waals surface area contributed by atoms with E-state index in [-0.39, 0.29) is 41.9 Å². The van der Waals surface area contributed by atoms with E-state index < -0.39 is 6.04 Å². The minimum Gasteiger partial charge on any atom is -0.345 e. The Morgan fingerprint density at radius 3 is 1.62 bits per heavy atom. The number of halogens is 3. The third-order valence-electron chi connectivity index (χ3n) is 3.90. The van der Waals surface area contributed by atoms with E-state index in [1.807, 2.05) is 0 Å². The lowest BCUT2D eigenvalue weighted by Gasteiger charge is -2.23. The highest BCUT2D eigenvalue weighted by molar-refractivity contribution is 5.85. The number of amides is 1. The maximum atomic E-state index is 13.1. The van der Waals surface area contributed by atoms with Gasteiger partial charge in [-0.3, -0.25) is 4.79 Å². The highest BCUT2D eigenvalue weighted by Crippen LogP contribution is 2.23. The van der Waals surface area contributed by atoms with Crippen LogP contribution in [0.15, 0.2) is 48.5 Å². The Bertz CT molecular complexity index is 614. The highest BCUT2D eigenvalue weighted by Gasteiger charge is 2.22. The largest absolute Gasteiger partial charge is 0.345 e. The van der Waals surface area contributed by atoms with Crippen molar-refractivity contribution >= 4 is 18.3 Å². The lowest BCUT2D eigenvalue weighted by molar-refractivity contribution is -0.125. The second-order valence-electron chi connectivity index (χ2n) is 5.69. The molecule has 0 bridgehead atoms. The van der Waals surface area contributed by atoms with Crippen LogP contribution in [0.25, 0.3) is 0 Å². The molecule has 0 heterocycles. The van der Waals surface area contributed by atoms with Crippen LogP contribution in [0, 0.1) is 17.6 Å². The van der Waals surface area contributed by atoms with Gasteiger partial charge >= 0.3 is 0 Å². The minimum absolute atomic E-state index is 0. The highest BCUT2D eigenvalue weighted by atomic mass is 35.5. The number of carbonyl (C=O) groups excluding carboxylic acids is 1. The van der Waals surface area contributed by atoms with Crippen molar-refractivity contribution in [3.63, 3.8) is 0 Å². The van der Waals surface area contributed by atoms with Gasteiger partial charge in [-0.25, -0.2) is 8.78 Å². The molecule has 2 aromatic rings. The number of hydrogen-bond acceptors (Lipinski definition) is 2. The molecule has 3 nitrogen and oxygen atoms in total. The Labute approximate surface area is 146 Å². The third-order valence-corrected chi connectivity index (χ3v) is 3.90.